The number of urea groups is 1. The minimum absolute atomic E-state index is 0.0313. The second-order valence-corrected chi connectivity index (χ2v) is 5.83. The zero-order chi connectivity index (χ0) is 15.2. The average molecular weight is 308 g/mol. The molecule has 0 aliphatic carbocycles. The van der Waals surface area contributed by atoms with Crippen molar-refractivity contribution in [2.24, 2.45) is 0 Å². The lowest BCUT2D eigenvalue weighted by atomic mass is 10.3. The third-order valence-corrected chi connectivity index (χ3v) is 4.03. The number of carbonyl (C=O) groups is 2. The van der Waals surface area contributed by atoms with Crippen LogP contribution in [0.2, 0.25) is 0 Å². The van der Waals surface area contributed by atoms with E-state index in [0.29, 0.717) is 32.7 Å². The Morgan fingerprint density at radius 1 is 1.33 bits per heavy atom. The van der Waals surface area contributed by atoms with Crippen molar-refractivity contribution in [1.29, 1.82) is 0 Å². The van der Waals surface area contributed by atoms with E-state index in [1.54, 1.807) is 33.3 Å². The summed E-state index contributed by atoms with van der Waals surface area (Å²) >= 11 is 1.56. The molecule has 0 bridgehead atoms. The van der Waals surface area contributed by atoms with Crippen LogP contribution in [-0.4, -0.2) is 59.4 Å². The van der Waals surface area contributed by atoms with Gasteiger partial charge >= 0.3 is 6.03 Å². The van der Waals surface area contributed by atoms with Crippen LogP contribution in [0.15, 0.2) is 11.5 Å². The molecule has 2 heterocycles. The number of hydrogen-bond donors (Lipinski definition) is 1. The topological polar surface area (TPSA) is 65.5 Å². The summed E-state index contributed by atoms with van der Waals surface area (Å²) in [5.74, 6) is -0.0313. The van der Waals surface area contributed by atoms with Gasteiger partial charge in [0.2, 0.25) is 5.91 Å². The first-order valence-corrected chi connectivity index (χ1v) is 7.90. The van der Waals surface area contributed by atoms with Crippen molar-refractivity contribution in [3.05, 3.63) is 22.2 Å². The Balaban J connectivity index is 1.83. The molecule has 1 aliphatic rings. The fraction of sp³-hybridized carbons (Fsp3) is 0.500. The molecule has 1 aromatic heterocycles. The molecule has 1 aliphatic heterocycles. The van der Waals surface area contributed by atoms with Gasteiger partial charge in [-0.25, -0.2) is 9.78 Å². The quantitative estimate of drug-likeness (QED) is 0.857. The molecule has 0 aromatic carbocycles. The fourth-order valence-corrected chi connectivity index (χ4v) is 2.69. The van der Waals surface area contributed by atoms with E-state index in [9.17, 15) is 9.59 Å². The van der Waals surface area contributed by atoms with Gasteiger partial charge in [0.1, 0.15) is 0 Å². The molecule has 0 atom stereocenters. The predicted molar refractivity (Wildman–Crippen MR) is 83.1 cm³/mol. The van der Waals surface area contributed by atoms with E-state index >= 15 is 0 Å². The van der Waals surface area contributed by atoms with Crippen LogP contribution in [0.1, 0.15) is 17.6 Å². The molecule has 114 valence electrons. The molecular formula is C14H20N4O2S. The van der Waals surface area contributed by atoms with Gasteiger partial charge in [-0.3, -0.25) is 4.79 Å². The zero-order valence-electron chi connectivity index (χ0n) is 12.3. The summed E-state index contributed by atoms with van der Waals surface area (Å²) in [6.45, 7) is 6.72. The van der Waals surface area contributed by atoms with E-state index in [1.165, 1.54) is 0 Å². The number of rotatable bonds is 3. The highest BCUT2D eigenvalue weighted by Crippen LogP contribution is 2.10. The van der Waals surface area contributed by atoms with Crippen molar-refractivity contribution in [2.45, 2.75) is 13.8 Å². The van der Waals surface area contributed by atoms with Crippen LogP contribution in [-0.2, 0) is 4.79 Å². The number of nitrogens with zero attached hydrogens (tertiary/aromatic N) is 3. The molecular weight excluding hydrogens is 288 g/mol. The maximum Gasteiger partial charge on any atom is 0.317 e. The van der Waals surface area contributed by atoms with Crippen molar-refractivity contribution in [3.63, 3.8) is 0 Å². The van der Waals surface area contributed by atoms with Crippen LogP contribution in [0.25, 0.3) is 6.08 Å². The first-order chi connectivity index (χ1) is 10.1. The van der Waals surface area contributed by atoms with Crippen LogP contribution in [0.5, 0.6) is 0 Å². The molecule has 1 fully saturated rings. The molecule has 0 spiro atoms. The molecule has 2 rings (SSSR count). The summed E-state index contributed by atoms with van der Waals surface area (Å²) in [6.07, 6.45) is 3.29. The van der Waals surface area contributed by atoms with Gasteiger partial charge in [-0.1, -0.05) is 0 Å². The van der Waals surface area contributed by atoms with Crippen molar-refractivity contribution in [1.82, 2.24) is 20.1 Å². The fourth-order valence-electron chi connectivity index (χ4n) is 2.11. The number of nitrogens with one attached hydrogen (secondary N) is 1. The van der Waals surface area contributed by atoms with E-state index in [2.05, 4.69) is 10.3 Å². The minimum Gasteiger partial charge on any atom is -0.338 e. The molecule has 0 unspecified atom stereocenters. The van der Waals surface area contributed by atoms with Crippen LogP contribution in [0, 0.1) is 6.92 Å². The predicted octanol–water partition coefficient (Wildman–Crippen LogP) is 1.34. The second kappa shape index (κ2) is 7.21. The molecule has 1 N–H and O–H groups in total. The lowest BCUT2D eigenvalue weighted by Crippen LogP contribution is -2.52. The summed E-state index contributed by atoms with van der Waals surface area (Å²) in [5.41, 5.74) is 0.812. The number of carbonyl (C=O) groups excluding carboxylic acids is 2. The monoisotopic (exact) mass is 308 g/mol. The lowest BCUT2D eigenvalue weighted by molar-refractivity contribution is -0.127. The molecule has 3 amide bonds. The Morgan fingerprint density at radius 3 is 2.57 bits per heavy atom. The van der Waals surface area contributed by atoms with Crippen molar-refractivity contribution in [2.75, 3.05) is 32.7 Å². The maximum atomic E-state index is 12.1. The molecule has 6 nitrogen and oxygen atoms in total. The standard InChI is InChI=1S/C14H20N4O2S/c1-3-15-14(20)18-8-6-17(7-9-18)13(19)5-4-12-10-21-11(2)16-12/h4-5,10H,3,6-9H2,1-2H3,(H,15,20)/b5-4+. The first-order valence-electron chi connectivity index (χ1n) is 7.02. The number of aromatic nitrogens is 1. The van der Waals surface area contributed by atoms with E-state index in [1.807, 2.05) is 19.2 Å². The summed E-state index contributed by atoms with van der Waals surface area (Å²) in [4.78, 5) is 31.5. The van der Waals surface area contributed by atoms with E-state index in [0.717, 1.165) is 10.7 Å². The third-order valence-electron chi connectivity index (χ3n) is 3.24. The zero-order valence-corrected chi connectivity index (χ0v) is 13.2. The summed E-state index contributed by atoms with van der Waals surface area (Å²) < 4.78 is 0. The van der Waals surface area contributed by atoms with Crippen LogP contribution >= 0.6 is 11.3 Å². The minimum atomic E-state index is -0.0573. The lowest BCUT2D eigenvalue weighted by Gasteiger charge is -2.34. The van der Waals surface area contributed by atoms with Gasteiger partial charge in [0.25, 0.3) is 0 Å². The van der Waals surface area contributed by atoms with Gasteiger partial charge in [0.05, 0.1) is 10.7 Å². The van der Waals surface area contributed by atoms with Gasteiger partial charge in [-0.15, -0.1) is 11.3 Å². The van der Waals surface area contributed by atoms with Crippen molar-refractivity contribution in [3.8, 4) is 0 Å². The second-order valence-electron chi connectivity index (χ2n) is 4.77. The van der Waals surface area contributed by atoms with E-state index in [-0.39, 0.29) is 11.9 Å². The summed E-state index contributed by atoms with van der Waals surface area (Å²) in [7, 11) is 0. The van der Waals surface area contributed by atoms with Crippen molar-refractivity contribution < 1.29 is 9.59 Å². The SMILES string of the molecule is CCNC(=O)N1CCN(C(=O)/C=C/c2csc(C)n2)CC1. The highest BCUT2D eigenvalue weighted by atomic mass is 32.1. The molecule has 7 heteroatoms. The Labute approximate surface area is 128 Å². The number of aryl methyl sites for hydroxylation is 1. The third kappa shape index (κ3) is 4.29. The smallest absolute Gasteiger partial charge is 0.317 e. The highest BCUT2D eigenvalue weighted by Gasteiger charge is 2.22. The number of hydrogen-bond acceptors (Lipinski definition) is 4. The summed E-state index contributed by atoms with van der Waals surface area (Å²) in [5, 5.41) is 5.68. The van der Waals surface area contributed by atoms with Crippen LogP contribution < -0.4 is 5.32 Å². The van der Waals surface area contributed by atoms with E-state index < -0.39 is 0 Å². The average Bonchev–Trinajstić information content (AvgIpc) is 2.91. The Kier molecular flexibility index (Phi) is 5.32. The molecule has 1 aromatic rings. The Morgan fingerprint density at radius 2 is 2.00 bits per heavy atom. The Bertz CT molecular complexity index is 533. The van der Waals surface area contributed by atoms with Gasteiger partial charge in [0.15, 0.2) is 0 Å². The van der Waals surface area contributed by atoms with E-state index in [4.69, 9.17) is 0 Å². The van der Waals surface area contributed by atoms with Gasteiger partial charge in [0, 0.05) is 44.2 Å². The molecule has 0 saturated carbocycles. The van der Waals surface area contributed by atoms with Crippen molar-refractivity contribution >= 4 is 29.4 Å². The number of piperazine rings is 1. The van der Waals surface area contributed by atoms with Gasteiger partial charge < -0.3 is 15.1 Å². The summed E-state index contributed by atoms with van der Waals surface area (Å²) in [6, 6.07) is -0.0573. The van der Waals surface area contributed by atoms with Crippen LogP contribution in [0.3, 0.4) is 0 Å². The Hall–Kier alpha value is -1.89. The largest absolute Gasteiger partial charge is 0.338 e. The first kappa shape index (κ1) is 15.5. The molecule has 21 heavy (non-hydrogen) atoms. The highest BCUT2D eigenvalue weighted by molar-refractivity contribution is 7.09. The van der Waals surface area contributed by atoms with Gasteiger partial charge in [-0.2, -0.15) is 0 Å². The molecule has 0 radical (unpaired) electrons. The maximum absolute atomic E-state index is 12.1. The number of thiazole rings is 1. The normalized spacial score (nSPS) is 15.5. The van der Waals surface area contributed by atoms with Crippen LogP contribution in [0.4, 0.5) is 4.79 Å². The molecule has 1 saturated heterocycles. The number of amides is 3. The van der Waals surface area contributed by atoms with Gasteiger partial charge in [-0.05, 0) is 19.9 Å².